The zero-order valence-corrected chi connectivity index (χ0v) is 12.5. The summed E-state index contributed by atoms with van der Waals surface area (Å²) in [5.41, 5.74) is 0. The Morgan fingerprint density at radius 3 is 3.17 bits per heavy atom. The Bertz CT molecular complexity index is 323. The van der Waals surface area contributed by atoms with Crippen molar-refractivity contribution in [1.29, 1.82) is 0 Å². The van der Waals surface area contributed by atoms with Gasteiger partial charge in [0.25, 0.3) is 0 Å². The smallest absolute Gasteiger partial charge is 0.0300 e. The van der Waals surface area contributed by atoms with Crippen molar-refractivity contribution in [1.82, 2.24) is 10.2 Å². The van der Waals surface area contributed by atoms with E-state index in [1.807, 2.05) is 11.3 Å². The van der Waals surface area contributed by atoms with Crippen LogP contribution in [0.1, 0.15) is 38.0 Å². The largest absolute Gasteiger partial charge is 0.310 e. The molecule has 0 radical (unpaired) electrons. The van der Waals surface area contributed by atoms with Gasteiger partial charge in [0, 0.05) is 30.6 Å². The molecule has 1 aromatic rings. The minimum absolute atomic E-state index is 0.666. The first-order valence-corrected chi connectivity index (χ1v) is 8.14. The standard InChI is InChI=1S/C15H26N2S/c1-3-14-6-4-8-17(12-14)13(2)10-16-11-15-7-5-9-18-15/h5,7,9,13-14,16H,3-4,6,8,10-12H2,1-2H3. The van der Waals surface area contributed by atoms with Crippen LogP contribution >= 0.6 is 11.3 Å². The van der Waals surface area contributed by atoms with Gasteiger partial charge in [-0.3, -0.25) is 4.90 Å². The molecule has 102 valence electrons. The molecular weight excluding hydrogens is 240 g/mol. The first-order valence-electron chi connectivity index (χ1n) is 7.26. The van der Waals surface area contributed by atoms with Gasteiger partial charge in [0.15, 0.2) is 0 Å². The molecule has 18 heavy (non-hydrogen) atoms. The van der Waals surface area contributed by atoms with Gasteiger partial charge < -0.3 is 5.32 Å². The Morgan fingerprint density at radius 2 is 2.44 bits per heavy atom. The minimum Gasteiger partial charge on any atom is -0.310 e. The topological polar surface area (TPSA) is 15.3 Å². The lowest BCUT2D eigenvalue weighted by atomic mass is 9.95. The monoisotopic (exact) mass is 266 g/mol. The molecule has 2 atom stereocenters. The summed E-state index contributed by atoms with van der Waals surface area (Å²) >= 11 is 1.84. The Balaban J connectivity index is 1.68. The summed E-state index contributed by atoms with van der Waals surface area (Å²) < 4.78 is 0. The molecule has 1 aliphatic rings. The quantitative estimate of drug-likeness (QED) is 0.849. The van der Waals surface area contributed by atoms with E-state index < -0.39 is 0 Å². The lowest BCUT2D eigenvalue weighted by molar-refractivity contribution is 0.128. The lowest BCUT2D eigenvalue weighted by Crippen LogP contribution is -2.45. The van der Waals surface area contributed by atoms with Crippen LogP contribution in [0, 0.1) is 5.92 Å². The maximum Gasteiger partial charge on any atom is 0.0300 e. The molecule has 0 saturated carbocycles. The van der Waals surface area contributed by atoms with E-state index in [1.165, 1.54) is 37.2 Å². The van der Waals surface area contributed by atoms with Crippen molar-refractivity contribution < 1.29 is 0 Å². The van der Waals surface area contributed by atoms with Gasteiger partial charge in [-0.2, -0.15) is 0 Å². The molecule has 2 rings (SSSR count). The summed E-state index contributed by atoms with van der Waals surface area (Å²) in [6, 6.07) is 5.00. The number of piperidine rings is 1. The Morgan fingerprint density at radius 1 is 1.56 bits per heavy atom. The van der Waals surface area contributed by atoms with Gasteiger partial charge in [0.2, 0.25) is 0 Å². The summed E-state index contributed by atoms with van der Waals surface area (Å²) in [6.45, 7) is 9.41. The summed E-state index contributed by atoms with van der Waals surface area (Å²) in [4.78, 5) is 4.10. The van der Waals surface area contributed by atoms with Crippen molar-refractivity contribution in [2.45, 2.75) is 45.7 Å². The third kappa shape index (κ3) is 4.08. The second-order valence-electron chi connectivity index (χ2n) is 5.47. The zero-order valence-electron chi connectivity index (χ0n) is 11.7. The molecule has 1 fully saturated rings. The molecule has 1 N–H and O–H groups in total. The van der Waals surface area contributed by atoms with E-state index in [-0.39, 0.29) is 0 Å². The van der Waals surface area contributed by atoms with Crippen LogP contribution in [0.2, 0.25) is 0 Å². The van der Waals surface area contributed by atoms with Crippen molar-refractivity contribution in [3.8, 4) is 0 Å². The molecule has 2 heterocycles. The van der Waals surface area contributed by atoms with E-state index in [1.54, 1.807) is 0 Å². The fourth-order valence-corrected chi connectivity index (χ4v) is 3.45. The van der Waals surface area contributed by atoms with Crippen LogP contribution in [0.4, 0.5) is 0 Å². The highest BCUT2D eigenvalue weighted by molar-refractivity contribution is 7.09. The summed E-state index contributed by atoms with van der Waals surface area (Å²) in [6.07, 6.45) is 4.15. The number of hydrogen-bond donors (Lipinski definition) is 1. The fraction of sp³-hybridized carbons (Fsp3) is 0.733. The highest BCUT2D eigenvalue weighted by atomic mass is 32.1. The van der Waals surface area contributed by atoms with Crippen LogP contribution in [-0.2, 0) is 6.54 Å². The molecule has 0 amide bonds. The first kappa shape index (κ1) is 14.0. The third-order valence-electron chi connectivity index (χ3n) is 4.07. The van der Waals surface area contributed by atoms with Crippen molar-refractivity contribution in [2.24, 2.45) is 5.92 Å². The van der Waals surface area contributed by atoms with Gasteiger partial charge in [-0.25, -0.2) is 0 Å². The number of nitrogens with one attached hydrogen (secondary N) is 1. The molecule has 0 aromatic carbocycles. The first-order chi connectivity index (χ1) is 8.79. The molecule has 0 aliphatic carbocycles. The highest BCUT2D eigenvalue weighted by Crippen LogP contribution is 2.20. The number of thiophene rings is 1. The number of likely N-dealkylation sites (tertiary alicyclic amines) is 1. The lowest BCUT2D eigenvalue weighted by Gasteiger charge is -2.36. The Kier molecular flexibility index (Phi) is 5.67. The van der Waals surface area contributed by atoms with Crippen LogP contribution < -0.4 is 5.32 Å². The number of rotatable bonds is 6. The molecule has 0 bridgehead atoms. The van der Waals surface area contributed by atoms with Gasteiger partial charge in [-0.15, -0.1) is 11.3 Å². The van der Waals surface area contributed by atoms with Gasteiger partial charge in [0.05, 0.1) is 0 Å². The maximum atomic E-state index is 3.59. The summed E-state index contributed by atoms with van der Waals surface area (Å²) in [7, 11) is 0. The van der Waals surface area contributed by atoms with Crippen molar-refractivity contribution in [3.05, 3.63) is 22.4 Å². The van der Waals surface area contributed by atoms with E-state index in [4.69, 9.17) is 0 Å². The van der Waals surface area contributed by atoms with Crippen LogP contribution in [-0.4, -0.2) is 30.6 Å². The molecule has 1 aliphatic heterocycles. The van der Waals surface area contributed by atoms with E-state index in [0.717, 1.165) is 19.0 Å². The highest BCUT2D eigenvalue weighted by Gasteiger charge is 2.21. The molecule has 1 saturated heterocycles. The van der Waals surface area contributed by atoms with Crippen LogP contribution in [0.5, 0.6) is 0 Å². The second kappa shape index (κ2) is 7.27. The van der Waals surface area contributed by atoms with Crippen LogP contribution in [0.3, 0.4) is 0 Å². The summed E-state index contributed by atoms with van der Waals surface area (Å²) in [5.74, 6) is 0.929. The predicted octanol–water partition coefficient (Wildman–Crippen LogP) is 3.35. The van der Waals surface area contributed by atoms with Gasteiger partial charge in [-0.1, -0.05) is 19.4 Å². The Hall–Kier alpha value is -0.380. The average molecular weight is 266 g/mol. The molecule has 0 spiro atoms. The second-order valence-corrected chi connectivity index (χ2v) is 6.50. The summed E-state index contributed by atoms with van der Waals surface area (Å²) in [5, 5.41) is 5.74. The third-order valence-corrected chi connectivity index (χ3v) is 4.95. The molecule has 1 aromatic heterocycles. The van der Waals surface area contributed by atoms with Crippen molar-refractivity contribution in [3.63, 3.8) is 0 Å². The predicted molar refractivity (Wildman–Crippen MR) is 80.1 cm³/mol. The van der Waals surface area contributed by atoms with Gasteiger partial charge in [-0.05, 0) is 43.7 Å². The Labute approximate surface area is 115 Å². The average Bonchev–Trinajstić information content (AvgIpc) is 2.92. The zero-order chi connectivity index (χ0) is 12.8. The van der Waals surface area contributed by atoms with Crippen molar-refractivity contribution in [2.75, 3.05) is 19.6 Å². The van der Waals surface area contributed by atoms with Crippen LogP contribution in [0.15, 0.2) is 17.5 Å². The normalized spacial score (nSPS) is 23.1. The molecular formula is C15H26N2S. The fourth-order valence-electron chi connectivity index (χ4n) is 2.78. The molecule has 2 unspecified atom stereocenters. The van der Waals surface area contributed by atoms with Crippen molar-refractivity contribution >= 4 is 11.3 Å². The van der Waals surface area contributed by atoms with E-state index in [9.17, 15) is 0 Å². The van der Waals surface area contributed by atoms with Gasteiger partial charge in [0.1, 0.15) is 0 Å². The van der Waals surface area contributed by atoms with E-state index in [2.05, 4.69) is 41.6 Å². The number of hydrogen-bond acceptors (Lipinski definition) is 3. The van der Waals surface area contributed by atoms with E-state index in [0.29, 0.717) is 6.04 Å². The minimum atomic E-state index is 0.666. The van der Waals surface area contributed by atoms with E-state index >= 15 is 0 Å². The maximum absolute atomic E-state index is 3.59. The van der Waals surface area contributed by atoms with Gasteiger partial charge >= 0.3 is 0 Å². The number of nitrogens with zero attached hydrogens (tertiary/aromatic N) is 1. The SMILES string of the molecule is CCC1CCCN(C(C)CNCc2cccs2)C1. The molecule has 3 heteroatoms. The van der Waals surface area contributed by atoms with Crippen LogP contribution in [0.25, 0.3) is 0 Å². The molecule has 2 nitrogen and oxygen atoms in total.